The predicted octanol–water partition coefficient (Wildman–Crippen LogP) is 2.37. The second-order valence-electron chi connectivity index (χ2n) is 4.50. The molecule has 21 heavy (non-hydrogen) atoms. The average Bonchev–Trinajstić information content (AvgIpc) is 2.83. The van der Waals surface area contributed by atoms with Gasteiger partial charge in [0, 0.05) is 17.3 Å². The van der Waals surface area contributed by atoms with Crippen molar-refractivity contribution in [3.8, 4) is 5.75 Å². The Bertz CT molecular complexity index is 674. The van der Waals surface area contributed by atoms with E-state index in [0.717, 1.165) is 10.9 Å². The van der Waals surface area contributed by atoms with Gasteiger partial charge in [0.25, 0.3) is 0 Å². The molecule has 2 rings (SSSR count). The highest BCUT2D eigenvalue weighted by atomic mass is 16.5. The van der Waals surface area contributed by atoms with Crippen LogP contribution >= 0.6 is 0 Å². The second kappa shape index (κ2) is 6.30. The summed E-state index contributed by atoms with van der Waals surface area (Å²) in [7, 11) is 1.55. The van der Waals surface area contributed by atoms with Crippen LogP contribution in [0.3, 0.4) is 0 Å². The Kier molecular flexibility index (Phi) is 4.47. The van der Waals surface area contributed by atoms with Gasteiger partial charge in [-0.3, -0.25) is 4.79 Å². The predicted molar refractivity (Wildman–Crippen MR) is 76.8 cm³/mol. The molecule has 0 aliphatic heterocycles. The summed E-state index contributed by atoms with van der Waals surface area (Å²) in [6, 6.07) is 5.35. The Morgan fingerprint density at radius 3 is 2.71 bits per heavy atom. The van der Waals surface area contributed by atoms with E-state index in [1.807, 2.05) is 0 Å². The number of carbonyl (C=O) groups excluding carboxylic acids is 1. The third kappa shape index (κ3) is 3.16. The number of nitrogens with one attached hydrogen (secondary N) is 1. The first-order valence-corrected chi connectivity index (χ1v) is 6.64. The summed E-state index contributed by atoms with van der Waals surface area (Å²) in [5, 5.41) is 9.64. The first kappa shape index (κ1) is 14.9. The zero-order valence-electron chi connectivity index (χ0n) is 11.9. The highest BCUT2D eigenvalue weighted by molar-refractivity contribution is 5.99. The van der Waals surface area contributed by atoms with Crippen molar-refractivity contribution in [2.45, 2.75) is 19.8 Å². The van der Waals surface area contributed by atoms with Gasteiger partial charge < -0.3 is 19.6 Å². The molecule has 0 aliphatic rings. The van der Waals surface area contributed by atoms with Crippen LogP contribution in [0.4, 0.5) is 0 Å². The summed E-state index contributed by atoms with van der Waals surface area (Å²) in [5.74, 6) is -0.747. The third-order valence-corrected chi connectivity index (χ3v) is 3.18. The first-order chi connectivity index (χ1) is 10.1. The molecule has 0 saturated heterocycles. The SMILES string of the molecule is CCOC(=O)c1[nH]c2ccc(OC)cc2c1CCC(=O)O. The molecule has 1 heterocycles. The summed E-state index contributed by atoms with van der Waals surface area (Å²) in [6.07, 6.45) is 0.188. The van der Waals surface area contributed by atoms with Crippen LogP contribution in [0.25, 0.3) is 10.9 Å². The molecule has 0 amide bonds. The number of carbonyl (C=O) groups is 2. The van der Waals surface area contributed by atoms with E-state index in [4.69, 9.17) is 14.6 Å². The average molecular weight is 291 g/mol. The van der Waals surface area contributed by atoms with Crippen molar-refractivity contribution in [1.82, 2.24) is 4.98 Å². The molecule has 6 heteroatoms. The van der Waals surface area contributed by atoms with Gasteiger partial charge >= 0.3 is 11.9 Å². The fourth-order valence-corrected chi connectivity index (χ4v) is 2.22. The highest BCUT2D eigenvalue weighted by Gasteiger charge is 2.19. The quantitative estimate of drug-likeness (QED) is 0.798. The van der Waals surface area contributed by atoms with Crippen LogP contribution in [-0.2, 0) is 16.0 Å². The van der Waals surface area contributed by atoms with Crippen molar-refractivity contribution in [2.75, 3.05) is 13.7 Å². The number of rotatable bonds is 6. The number of carboxylic acid groups (broad SMARTS) is 1. The second-order valence-corrected chi connectivity index (χ2v) is 4.50. The largest absolute Gasteiger partial charge is 0.497 e. The minimum atomic E-state index is -0.915. The molecule has 0 aliphatic carbocycles. The summed E-state index contributed by atoms with van der Waals surface area (Å²) >= 11 is 0. The lowest BCUT2D eigenvalue weighted by Gasteiger charge is -2.04. The molecule has 0 fully saturated rings. The van der Waals surface area contributed by atoms with Gasteiger partial charge in [-0.15, -0.1) is 0 Å². The Morgan fingerprint density at radius 1 is 1.33 bits per heavy atom. The Morgan fingerprint density at radius 2 is 2.10 bits per heavy atom. The van der Waals surface area contributed by atoms with Gasteiger partial charge in [-0.2, -0.15) is 0 Å². The number of aryl methyl sites for hydroxylation is 1. The van der Waals surface area contributed by atoms with Crippen LogP contribution in [0.5, 0.6) is 5.75 Å². The molecular formula is C15H17NO5. The monoisotopic (exact) mass is 291 g/mol. The normalized spacial score (nSPS) is 10.6. The van der Waals surface area contributed by atoms with Crippen molar-refractivity contribution in [3.63, 3.8) is 0 Å². The van der Waals surface area contributed by atoms with Crippen LogP contribution in [-0.4, -0.2) is 35.7 Å². The highest BCUT2D eigenvalue weighted by Crippen LogP contribution is 2.28. The third-order valence-electron chi connectivity index (χ3n) is 3.18. The Labute approximate surface area is 121 Å². The number of hydrogen-bond acceptors (Lipinski definition) is 4. The van der Waals surface area contributed by atoms with Crippen LogP contribution in [0.1, 0.15) is 29.4 Å². The summed E-state index contributed by atoms with van der Waals surface area (Å²) in [6.45, 7) is 1.98. The number of methoxy groups -OCH3 is 1. The first-order valence-electron chi connectivity index (χ1n) is 6.64. The molecule has 1 aromatic carbocycles. The van der Waals surface area contributed by atoms with Gasteiger partial charge in [0.15, 0.2) is 0 Å². The molecule has 0 spiro atoms. The molecule has 112 valence electrons. The van der Waals surface area contributed by atoms with E-state index in [-0.39, 0.29) is 19.4 Å². The van der Waals surface area contributed by atoms with E-state index >= 15 is 0 Å². The van der Waals surface area contributed by atoms with Gasteiger partial charge in [0.05, 0.1) is 13.7 Å². The number of aromatic nitrogens is 1. The van der Waals surface area contributed by atoms with Crippen LogP contribution < -0.4 is 4.74 Å². The van der Waals surface area contributed by atoms with Gasteiger partial charge in [0.1, 0.15) is 11.4 Å². The number of hydrogen-bond donors (Lipinski definition) is 2. The fraction of sp³-hybridized carbons (Fsp3) is 0.333. The Hall–Kier alpha value is -2.50. The smallest absolute Gasteiger partial charge is 0.355 e. The van der Waals surface area contributed by atoms with Crippen molar-refractivity contribution < 1.29 is 24.2 Å². The maximum atomic E-state index is 12.0. The molecule has 2 aromatic rings. The zero-order valence-corrected chi connectivity index (χ0v) is 11.9. The van der Waals surface area contributed by atoms with Gasteiger partial charge in [-0.05, 0) is 37.1 Å². The topological polar surface area (TPSA) is 88.6 Å². The lowest BCUT2D eigenvalue weighted by molar-refractivity contribution is -0.136. The molecule has 6 nitrogen and oxygen atoms in total. The van der Waals surface area contributed by atoms with Crippen LogP contribution in [0.2, 0.25) is 0 Å². The molecule has 2 N–H and O–H groups in total. The minimum Gasteiger partial charge on any atom is -0.497 e. The number of ether oxygens (including phenoxy) is 2. The van der Waals surface area contributed by atoms with Crippen molar-refractivity contribution in [2.24, 2.45) is 0 Å². The van der Waals surface area contributed by atoms with E-state index in [2.05, 4.69) is 4.98 Å². The number of H-pyrrole nitrogens is 1. The number of esters is 1. The lowest BCUT2D eigenvalue weighted by Crippen LogP contribution is -2.09. The molecular weight excluding hydrogens is 274 g/mol. The number of fused-ring (bicyclic) bond motifs is 1. The van der Waals surface area contributed by atoms with Gasteiger partial charge in [-0.25, -0.2) is 4.79 Å². The minimum absolute atomic E-state index is 0.0590. The summed E-state index contributed by atoms with van der Waals surface area (Å²) < 4.78 is 10.2. The standard InChI is InChI=1S/C15H17NO5/c1-3-21-15(19)14-10(5-7-13(17)18)11-8-9(20-2)4-6-12(11)16-14/h4,6,8,16H,3,5,7H2,1-2H3,(H,17,18). The van der Waals surface area contributed by atoms with Crippen LogP contribution in [0, 0.1) is 0 Å². The van der Waals surface area contributed by atoms with E-state index in [1.165, 1.54) is 0 Å². The van der Waals surface area contributed by atoms with E-state index in [0.29, 0.717) is 17.0 Å². The zero-order chi connectivity index (χ0) is 15.4. The fourth-order valence-electron chi connectivity index (χ4n) is 2.22. The molecule has 0 atom stereocenters. The molecule has 1 aromatic heterocycles. The van der Waals surface area contributed by atoms with E-state index < -0.39 is 11.9 Å². The van der Waals surface area contributed by atoms with Crippen molar-refractivity contribution >= 4 is 22.8 Å². The van der Waals surface area contributed by atoms with Gasteiger partial charge in [0.2, 0.25) is 0 Å². The Balaban J connectivity index is 2.52. The van der Waals surface area contributed by atoms with E-state index in [9.17, 15) is 9.59 Å². The number of benzene rings is 1. The van der Waals surface area contributed by atoms with Crippen molar-refractivity contribution in [3.05, 3.63) is 29.5 Å². The number of aliphatic carboxylic acids is 1. The molecule has 0 radical (unpaired) electrons. The molecule has 0 unspecified atom stereocenters. The summed E-state index contributed by atoms with van der Waals surface area (Å²) in [5.41, 5.74) is 1.70. The summed E-state index contributed by atoms with van der Waals surface area (Å²) in [4.78, 5) is 25.8. The van der Waals surface area contributed by atoms with E-state index in [1.54, 1.807) is 32.2 Å². The molecule has 0 saturated carbocycles. The van der Waals surface area contributed by atoms with Crippen LogP contribution in [0.15, 0.2) is 18.2 Å². The molecule has 0 bridgehead atoms. The number of carboxylic acids is 1. The van der Waals surface area contributed by atoms with Crippen molar-refractivity contribution in [1.29, 1.82) is 0 Å². The maximum Gasteiger partial charge on any atom is 0.355 e. The maximum absolute atomic E-state index is 12.0. The lowest BCUT2D eigenvalue weighted by atomic mass is 10.1. The van der Waals surface area contributed by atoms with Gasteiger partial charge in [-0.1, -0.05) is 0 Å². The number of aromatic amines is 1.